The molecule has 1 aromatic heterocycles. The molecule has 1 aliphatic rings. The lowest BCUT2D eigenvalue weighted by Gasteiger charge is -2.23. The molecule has 2 aromatic carbocycles. The number of aromatic nitrogens is 2. The van der Waals surface area contributed by atoms with Crippen LogP contribution in [0.15, 0.2) is 54.6 Å². The molecule has 29 heavy (non-hydrogen) atoms. The van der Waals surface area contributed by atoms with Crippen LogP contribution in [0.3, 0.4) is 0 Å². The van der Waals surface area contributed by atoms with Gasteiger partial charge in [-0.25, -0.2) is 4.68 Å². The van der Waals surface area contributed by atoms with Crippen LogP contribution in [-0.2, 0) is 4.79 Å². The normalized spacial score (nSPS) is 15.4. The van der Waals surface area contributed by atoms with Crippen LogP contribution in [0.2, 0.25) is 0 Å². The fourth-order valence-corrected chi connectivity index (χ4v) is 3.18. The molecule has 1 aliphatic heterocycles. The van der Waals surface area contributed by atoms with Gasteiger partial charge in [-0.3, -0.25) is 9.59 Å². The van der Waals surface area contributed by atoms with Crippen molar-refractivity contribution in [3.05, 3.63) is 66.0 Å². The number of carbonyl (C=O) groups excluding carboxylic acids is 2. The van der Waals surface area contributed by atoms with E-state index < -0.39 is 6.10 Å². The van der Waals surface area contributed by atoms with E-state index in [2.05, 4.69) is 29.6 Å². The molecule has 7 nitrogen and oxygen atoms in total. The van der Waals surface area contributed by atoms with E-state index in [4.69, 9.17) is 4.74 Å². The molecule has 2 heterocycles. The van der Waals surface area contributed by atoms with Crippen LogP contribution >= 0.6 is 0 Å². The molecule has 148 valence electrons. The van der Waals surface area contributed by atoms with Gasteiger partial charge < -0.3 is 15.4 Å². The lowest BCUT2D eigenvalue weighted by atomic mass is 10.1. The van der Waals surface area contributed by atoms with Gasteiger partial charge in [0.05, 0.1) is 11.4 Å². The lowest BCUT2D eigenvalue weighted by Crippen LogP contribution is -2.34. The summed E-state index contributed by atoms with van der Waals surface area (Å²) in [6.45, 7) is 5.81. The Morgan fingerprint density at radius 3 is 2.66 bits per heavy atom. The van der Waals surface area contributed by atoms with E-state index >= 15 is 0 Å². The minimum absolute atomic E-state index is 0.197. The minimum atomic E-state index is -0.542. The van der Waals surface area contributed by atoms with E-state index in [0.29, 0.717) is 22.8 Å². The first kappa shape index (κ1) is 18.7. The van der Waals surface area contributed by atoms with E-state index in [0.717, 1.165) is 11.4 Å². The van der Waals surface area contributed by atoms with Crippen molar-refractivity contribution in [1.82, 2.24) is 9.78 Å². The van der Waals surface area contributed by atoms with E-state index in [1.165, 1.54) is 0 Å². The van der Waals surface area contributed by atoms with Gasteiger partial charge in [-0.2, -0.15) is 5.10 Å². The molecule has 0 aliphatic carbocycles. The first-order chi connectivity index (χ1) is 13.9. The Kier molecular flexibility index (Phi) is 4.80. The van der Waals surface area contributed by atoms with Gasteiger partial charge in [0.2, 0.25) is 0 Å². The molecule has 0 spiro atoms. The van der Waals surface area contributed by atoms with Gasteiger partial charge in [-0.15, -0.1) is 0 Å². The topological polar surface area (TPSA) is 85.2 Å². The Hall–Kier alpha value is -3.61. The predicted molar refractivity (Wildman–Crippen MR) is 111 cm³/mol. The fourth-order valence-electron chi connectivity index (χ4n) is 3.18. The molecule has 0 unspecified atom stereocenters. The summed E-state index contributed by atoms with van der Waals surface area (Å²) in [6, 6.07) is 16.7. The molecule has 1 atom stereocenters. The summed E-state index contributed by atoms with van der Waals surface area (Å²) >= 11 is 0. The summed E-state index contributed by atoms with van der Waals surface area (Å²) < 4.78 is 7.34. The first-order valence-corrected chi connectivity index (χ1v) is 9.50. The molecule has 0 radical (unpaired) electrons. The number of nitrogens with one attached hydrogen (secondary N) is 2. The molecule has 0 saturated carbocycles. The van der Waals surface area contributed by atoms with E-state index in [9.17, 15) is 9.59 Å². The van der Waals surface area contributed by atoms with Gasteiger partial charge in [0.25, 0.3) is 11.8 Å². The van der Waals surface area contributed by atoms with Gasteiger partial charge in [-0.05, 0) is 49.2 Å². The zero-order valence-electron chi connectivity index (χ0n) is 16.5. The van der Waals surface area contributed by atoms with Crippen molar-refractivity contribution in [3.63, 3.8) is 0 Å². The largest absolute Gasteiger partial charge is 0.479 e. The van der Waals surface area contributed by atoms with Crippen molar-refractivity contribution in [2.75, 3.05) is 10.6 Å². The summed E-state index contributed by atoms with van der Waals surface area (Å²) in [7, 11) is 0. The number of para-hydroxylation sites is 1. The van der Waals surface area contributed by atoms with Crippen molar-refractivity contribution in [2.24, 2.45) is 0 Å². The highest BCUT2D eigenvalue weighted by molar-refractivity contribution is 6.04. The average Bonchev–Trinajstić information content (AvgIpc) is 3.16. The molecular formula is C22H22N4O3. The summed E-state index contributed by atoms with van der Waals surface area (Å²) in [5, 5.41) is 10.1. The number of fused-ring (bicyclic) bond motifs is 1. The smallest absolute Gasteiger partial charge is 0.276 e. The number of benzene rings is 2. The maximum Gasteiger partial charge on any atom is 0.276 e. The number of carbonyl (C=O) groups is 2. The Bertz CT molecular complexity index is 1070. The molecule has 0 saturated heterocycles. The molecule has 0 fully saturated rings. The second-order valence-corrected chi connectivity index (χ2v) is 7.27. The molecule has 0 bridgehead atoms. The van der Waals surface area contributed by atoms with Crippen LogP contribution in [0.4, 0.5) is 11.4 Å². The molecule has 2 N–H and O–H groups in total. The van der Waals surface area contributed by atoms with Crippen LogP contribution in [0, 0.1) is 0 Å². The molecule has 7 heteroatoms. The Morgan fingerprint density at radius 1 is 1.17 bits per heavy atom. The zero-order chi connectivity index (χ0) is 20.5. The fraction of sp³-hybridized carbons (Fsp3) is 0.227. The Morgan fingerprint density at radius 2 is 1.93 bits per heavy atom. The van der Waals surface area contributed by atoms with Gasteiger partial charge in [-0.1, -0.05) is 32.0 Å². The Labute approximate surface area is 168 Å². The maximum atomic E-state index is 12.8. The van der Waals surface area contributed by atoms with Gasteiger partial charge in [0.1, 0.15) is 5.75 Å². The van der Waals surface area contributed by atoms with E-state index in [1.54, 1.807) is 35.9 Å². The van der Waals surface area contributed by atoms with E-state index in [-0.39, 0.29) is 17.7 Å². The number of hydrogen-bond acceptors (Lipinski definition) is 4. The van der Waals surface area contributed by atoms with E-state index in [1.807, 2.05) is 30.3 Å². The highest BCUT2D eigenvalue weighted by atomic mass is 16.5. The zero-order valence-corrected chi connectivity index (χ0v) is 16.5. The van der Waals surface area contributed by atoms with Crippen molar-refractivity contribution in [1.29, 1.82) is 0 Å². The highest BCUT2D eigenvalue weighted by Crippen LogP contribution is 2.32. The third-order valence-electron chi connectivity index (χ3n) is 4.73. The Balaban J connectivity index is 1.60. The van der Waals surface area contributed by atoms with Gasteiger partial charge >= 0.3 is 0 Å². The van der Waals surface area contributed by atoms with Crippen LogP contribution < -0.4 is 15.4 Å². The minimum Gasteiger partial charge on any atom is -0.479 e. The maximum absolute atomic E-state index is 12.8. The monoisotopic (exact) mass is 390 g/mol. The highest BCUT2D eigenvalue weighted by Gasteiger charge is 2.24. The predicted octanol–water partition coefficient (Wildman–Crippen LogP) is 3.97. The van der Waals surface area contributed by atoms with Crippen LogP contribution in [0.5, 0.6) is 5.75 Å². The van der Waals surface area contributed by atoms with Crippen LogP contribution in [0.1, 0.15) is 42.9 Å². The SMILES string of the molecule is CC(C)c1cc(C(=O)Nc2ccc3c(c2)NC(=O)[C@@H](C)O3)nn1-c1ccccc1. The standard InChI is InChI=1S/C22H22N4O3/c1-13(2)19-12-18(25-26(19)16-7-5-4-6-8-16)22(28)23-15-9-10-20-17(11-15)24-21(27)14(3)29-20/h4-14H,1-3H3,(H,23,28)(H,24,27)/t14-/m1/s1. The van der Waals surface area contributed by atoms with Crippen molar-refractivity contribution in [3.8, 4) is 11.4 Å². The van der Waals surface area contributed by atoms with Crippen molar-refractivity contribution < 1.29 is 14.3 Å². The summed E-state index contributed by atoms with van der Waals surface area (Å²) in [4.78, 5) is 24.6. The van der Waals surface area contributed by atoms with Crippen LogP contribution in [0.25, 0.3) is 5.69 Å². The second-order valence-electron chi connectivity index (χ2n) is 7.27. The summed E-state index contributed by atoms with van der Waals surface area (Å²) in [5.74, 6) is 0.231. The molecule has 3 aromatic rings. The van der Waals surface area contributed by atoms with Crippen molar-refractivity contribution >= 4 is 23.2 Å². The number of rotatable bonds is 4. The number of hydrogen-bond donors (Lipinski definition) is 2. The number of amides is 2. The third kappa shape index (κ3) is 3.71. The second kappa shape index (κ2) is 7.43. The number of ether oxygens (including phenoxy) is 1. The summed E-state index contributed by atoms with van der Waals surface area (Å²) in [5.41, 5.74) is 3.25. The molecule has 4 rings (SSSR count). The average molecular weight is 390 g/mol. The quantitative estimate of drug-likeness (QED) is 0.706. The first-order valence-electron chi connectivity index (χ1n) is 9.50. The summed E-state index contributed by atoms with van der Waals surface area (Å²) in [6.07, 6.45) is -0.542. The van der Waals surface area contributed by atoms with Gasteiger partial charge in [0.15, 0.2) is 11.8 Å². The number of anilines is 2. The van der Waals surface area contributed by atoms with Crippen LogP contribution in [-0.4, -0.2) is 27.7 Å². The van der Waals surface area contributed by atoms with Gasteiger partial charge in [0, 0.05) is 11.4 Å². The lowest BCUT2D eigenvalue weighted by molar-refractivity contribution is -0.122. The van der Waals surface area contributed by atoms with Crippen molar-refractivity contribution in [2.45, 2.75) is 32.8 Å². The molecule has 2 amide bonds. The third-order valence-corrected chi connectivity index (χ3v) is 4.73. The molecular weight excluding hydrogens is 368 g/mol. The number of nitrogens with zero attached hydrogens (tertiary/aromatic N) is 2.